The molecule has 5 heteroatoms. The van der Waals surface area contributed by atoms with Gasteiger partial charge in [-0.1, -0.05) is 6.92 Å². The van der Waals surface area contributed by atoms with E-state index in [1.807, 2.05) is 24.3 Å². The lowest BCUT2D eigenvalue weighted by Crippen LogP contribution is -2.25. The SMILES string of the molecule is C[C@@H]1CCN(CCOc2ccc(NC(=O)[C@@H]3CCOC3)cc2)C1. The fraction of sp³-hybridized carbons (Fsp3) is 0.611. The van der Waals surface area contributed by atoms with Crippen LogP contribution in [0, 0.1) is 11.8 Å². The molecule has 1 N–H and O–H groups in total. The van der Waals surface area contributed by atoms with Crippen LogP contribution in [0.4, 0.5) is 5.69 Å². The van der Waals surface area contributed by atoms with Gasteiger partial charge in [0.25, 0.3) is 0 Å². The highest BCUT2D eigenvalue weighted by Gasteiger charge is 2.23. The summed E-state index contributed by atoms with van der Waals surface area (Å²) in [6.45, 7) is 7.55. The lowest BCUT2D eigenvalue weighted by atomic mass is 10.1. The number of carbonyl (C=O) groups excluding carboxylic acids is 1. The van der Waals surface area contributed by atoms with E-state index >= 15 is 0 Å². The van der Waals surface area contributed by atoms with Crippen LogP contribution in [-0.2, 0) is 9.53 Å². The van der Waals surface area contributed by atoms with Crippen LogP contribution in [0.1, 0.15) is 19.8 Å². The van der Waals surface area contributed by atoms with Crippen LogP contribution in [0.25, 0.3) is 0 Å². The molecule has 2 saturated heterocycles. The van der Waals surface area contributed by atoms with Crippen LogP contribution in [0.2, 0.25) is 0 Å². The molecule has 23 heavy (non-hydrogen) atoms. The molecule has 0 aromatic heterocycles. The van der Waals surface area contributed by atoms with E-state index in [2.05, 4.69) is 17.1 Å². The van der Waals surface area contributed by atoms with Crippen molar-refractivity contribution in [1.29, 1.82) is 0 Å². The van der Waals surface area contributed by atoms with E-state index in [1.54, 1.807) is 0 Å². The summed E-state index contributed by atoms with van der Waals surface area (Å²) in [6, 6.07) is 7.60. The third kappa shape index (κ3) is 4.69. The van der Waals surface area contributed by atoms with Gasteiger partial charge in [-0.3, -0.25) is 9.69 Å². The van der Waals surface area contributed by atoms with E-state index < -0.39 is 0 Å². The molecule has 5 nitrogen and oxygen atoms in total. The fourth-order valence-electron chi connectivity index (χ4n) is 3.14. The van der Waals surface area contributed by atoms with Crippen LogP contribution < -0.4 is 10.1 Å². The second-order valence-electron chi connectivity index (χ2n) is 6.62. The average molecular weight is 318 g/mol. The average Bonchev–Trinajstić information content (AvgIpc) is 3.21. The van der Waals surface area contributed by atoms with Crippen LogP contribution in [0.3, 0.4) is 0 Å². The van der Waals surface area contributed by atoms with Gasteiger partial charge < -0.3 is 14.8 Å². The predicted molar refractivity (Wildman–Crippen MR) is 89.7 cm³/mol. The number of nitrogens with zero attached hydrogens (tertiary/aromatic N) is 1. The molecule has 0 saturated carbocycles. The summed E-state index contributed by atoms with van der Waals surface area (Å²) in [7, 11) is 0. The molecule has 2 aliphatic rings. The Morgan fingerprint density at radius 3 is 2.83 bits per heavy atom. The van der Waals surface area contributed by atoms with Gasteiger partial charge >= 0.3 is 0 Å². The highest BCUT2D eigenvalue weighted by molar-refractivity contribution is 5.92. The maximum Gasteiger partial charge on any atom is 0.229 e. The lowest BCUT2D eigenvalue weighted by Gasteiger charge is -2.16. The Labute approximate surface area is 137 Å². The van der Waals surface area contributed by atoms with Crippen molar-refractivity contribution in [3.05, 3.63) is 24.3 Å². The van der Waals surface area contributed by atoms with Gasteiger partial charge in [-0.2, -0.15) is 0 Å². The van der Waals surface area contributed by atoms with E-state index in [0.717, 1.165) is 30.3 Å². The summed E-state index contributed by atoms with van der Waals surface area (Å²) in [5, 5.41) is 2.93. The van der Waals surface area contributed by atoms with Crippen LogP contribution in [0.5, 0.6) is 5.75 Å². The first-order chi connectivity index (χ1) is 11.2. The predicted octanol–water partition coefficient (Wildman–Crippen LogP) is 2.38. The zero-order valence-corrected chi connectivity index (χ0v) is 13.8. The number of amides is 1. The number of hydrogen-bond donors (Lipinski definition) is 1. The zero-order valence-electron chi connectivity index (χ0n) is 13.8. The topological polar surface area (TPSA) is 50.8 Å². The van der Waals surface area contributed by atoms with Crippen molar-refractivity contribution in [2.45, 2.75) is 19.8 Å². The largest absolute Gasteiger partial charge is 0.492 e. The molecule has 1 amide bonds. The van der Waals surface area contributed by atoms with Gasteiger partial charge in [0.15, 0.2) is 0 Å². The van der Waals surface area contributed by atoms with E-state index in [-0.39, 0.29) is 11.8 Å². The van der Waals surface area contributed by atoms with E-state index in [9.17, 15) is 4.79 Å². The summed E-state index contributed by atoms with van der Waals surface area (Å²) in [5.74, 6) is 1.68. The minimum atomic E-state index is -0.0196. The Kier molecular flexibility index (Phi) is 5.51. The molecule has 2 fully saturated rings. The van der Waals surface area contributed by atoms with E-state index in [4.69, 9.17) is 9.47 Å². The lowest BCUT2D eigenvalue weighted by molar-refractivity contribution is -0.119. The Balaban J connectivity index is 1.40. The number of nitrogens with one attached hydrogen (secondary N) is 1. The number of benzene rings is 1. The van der Waals surface area contributed by atoms with Gasteiger partial charge in [0.1, 0.15) is 12.4 Å². The standard InChI is InChI=1S/C18H26N2O3/c1-14-6-8-20(12-14)9-11-23-17-4-2-16(3-5-17)19-18(21)15-7-10-22-13-15/h2-5,14-15H,6-13H2,1H3,(H,19,21)/t14-,15-/m1/s1. The minimum Gasteiger partial charge on any atom is -0.492 e. The Hall–Kier alpha value is -1.59. The van der Waals surface area contributed by atoms with Crippen molar-refractivity contribution in [3.63, 3.8) is 0 Å². The number of likely N-dealkylation sites (tertiary alicyclic amines) is 1. The number of carbonyl (C=O) groups is 1. The molecule has 2 heterocycles. The van der Waals surface area contributed by atoms with Gasteiger partial charge in [-0.15, -0.1) is 0 Å². The highest BCUT2D eigenvalue weighted by atomic mass is 16.5. The molecule has 0 bridgehead atoms. The molecule has 3 rings (SSSR count). The van der Waals surface area contributed by atoms with Crippen molar-refractivity contribution in [2.75, 3.05) is 44.8 Å². The highest BCUT2D eigenvalue weighted by Crippen LogP contribution is 2.19. The van der Waals surface area contributed by atoms with Gasteiger partial charge in [0.2, 0.25) is 5.91 Å². The van der Waals surface area contributed by atoms with Crippen molar-refractivity contribution in [1.82, 2.24) is 4.90 Å². The molecular formula is C18H26N2O3. The minimum absolute atomic E-state index is 0.0196. The molecule has 126 valence electrons. The molecule has 1 aromatic carbocycles. The van der Waals surface area contributed by atoms with Crippen molar-refractivity contribution in [3.8, 4) is 5.75 Å². The van der Waals surface area contributed by atoms with Crippen molar-refractivity contribution < 1.29 is 14.3 Å². The Bertz CT molecular complexity index is 512. The summed E-state index contributed by atoms with van der Waals surface area (Å²) in [5.41, 5.74) is 0.808. The first kappa shape index (κ1) is 16.3. The Morgan fingerprint density at radius 1 is 1.35 bits per heavy atom. The first-order valence-electron chi connectivity index (χ1n) is 8.54. The van der Waals surface area contributed by atoms with Crippen LogP contribution in [-0.4, -0.2) is 50.3 Å². The van der Waals surface area contributed by atoms with Crippen LogP contribution >= 0.6 is 0 Å². The smallest absolute Gasteiger partial charge is 0.229 e. The second-order valence-corrected chi connectivity index (χ2v) is 6.62. The molecular weight excluding hydrogens is 292 g/mol. The summed E-state index contributed by atoms with van der Waals surface area (Å²) >= 11 is 0. The molecule has 0 unspecified atom stereocenters. The maximum absolute atomic E-state index is 12.0. The molecule has 1 aromatic rings. The monoisotopic (exact) mass is 318 g/mol. The van der Waals surface area contributed by atoms with Gasteiger partial charge in [0.05, 0.1) is 12.5 Å². The van der Waals surface area contributed by atoms with E-state index in [1.165, 1.54) is 19.5 Å². The van der Waals surface area contributed by atoms with Gasteiger partial charge in [-0.05, 0) is 49.6 Å². The summed E-state index contributed by atoms with van der Waals surface area (Å²) < 4.78 is 11.0. The molecule has 0 spiro atoms. The normalized spacial score (nSPS) is 24.7. The quantitative estimate of drug-likeness (QED) is 0.875. The fourth-order valence-corrected chi connectivity index (χ4v) is 3.14. The molecule has 0 aliphatic carbocycles. The Morgan fingerprint density at radius 2 is 2.17 bits per heavy atom. The molecule has 2 atom stereocenters. The number of anilines is 1. The third-order valence-electron chi connectivity index (χ3n) is 4.61. The third-order valence-corrected chi connectivity index (χ3v) is 4.61. The van der Waals surface area contributed by atoms with Crippen molar-refractivity contribution >= 4 is 11.6 Å². The number of ether oxygens (including phenoxy) is 2. The second kappa shape index (κ2) is 7.79. The maximum atomic E-state index is 12.0. The first-order valence-corrected chi connectivity index (χ1v) is 8.54. The molecule has 0 radical (unpaired) electrons. The van der Waals surface area contributed by atoms with Gasteiger partial charge in [-0.25, -0.2) is 0 Å². The summed E-state index contributed by atoms with van der Waals surface area (Å²) in [6.07, 6.45) is 2.10. The number of hydrogen-bond acceptors (Lipinski definition) is 4. The number of rotatable bonds is 6. The van der Waals surface area contributed by atoms with Crippen LogP contribution in [0.15, 0.2) is 24.3 Å². The molecule has 2 aliphatic heterocycles. The van der Waals surface area contributed by atoms with Gasteiger partial charge in [0, 0.05) is 25.4 Å². The zero-order chi connectivity index (χ0) is 16.1. The summed E-state index contributed by atoms with van der Waals surface area (Å²) in [4.78, 5) is 14.5. The van der Waals surface area contributed by atoms with Crippen molar-refractivity contribution in [2.24, 2.45) is 11.8 Å². The van der Waals surface area contributed by atoms with E-state index in [0.29, 0.717) is 19.8 Å².